The molecule has 2 aliphatic heterocycles. The first-order valence-electron chi connectivity index (χ1n) is 9.74. The zero-order chi connectivity index (χ0) is 19.7. The van der Waals surface area contributed by atoms with Crippen molar-refractivity contribution in [2.75, 3.05) is 26.3 Å². The van der Waals surface area contributed by atoms with Crippen LogP contribution in [-0.4, -0.2) is 59.0 Å². The van der Waals surface area contributed by atoms with Crippen molar-refractivity contribution in [3.63, 3.8) is 0 Å². The molecule has 2 fully saturated rings. The third-order valence-electron chi connectivity index (χ3n) is 5.57. The minimum Gasteiger partial charge on any atom is -0.350 e. The van der Waals surface area contributed by atoms with E-state index in [9.17, 15) is 9.59 Å². The number of hydrogen-bond donors (Lipinski definition) is 0. The summed E-state index contributed by atoms with van der Waals surface area (Å²) < 4.78 is 12.9. The Morgan fingerprint density at radius 1 is 1.04 bits per heavy atom. The zero-order valence-electron chi connectivity index (χ0n) is 16.3. The Balaban J connectivity index is 1.47. The van der Waals surface area contributed by atoms with Gasteiger partial charge in [0, 0.05) is 19.0 Å². The second-order valence-corrected chi connectivity index (χ2v) is 7.36. The van der Waals surface area contributed by atoms with Crippen molar-refractivity contribution in [1.29, 1.82) is 0 Å². The first-order valence-corrected chi connectivity index (χ1v) is 9.74. The van der Waals surface area contributed by atoms with Crippen molar-refractivity contribution < 1.29 is 19.1 Å². The topological polar surface area (TPSA) is 73.7 Å². The highest BCUT2D eigenvalue weighted by Crippen LogP contribution is 2.27. The van der Waals surface area contributed by atoms with Crippen LogP contribution in [-0.2, 0) is 14.3 Å². The number of carbonyl (C=O) groups excluding carboxylic acids is 2. The van der Waals surface area contributed by atoms with Gasteiger partial charge in [-0.15, -0.1) is 0 Å². The molecule has 4 rings (SSSR count). The maximum atomic E-state index is 13.0. The summed E-state index contributed by atoms with van der Waals surface area (Å²) in [6, 6.07) is 9.61. The molecule has 1 amide bonds. The van der Waals surface area contributed by atoms with Gasteiger partial charge >= 0.3 is 0 Å². The van der Waals surface area contributed by atoms with Gasteiger partial charge < -0.3 is 14.4 Å². The molecule has 0 N–H and O–H groups in total. The van der Waals surface area contributed by atoms with Gasteiger partial charge in [-0.3, -0.25) is 9.59 Å². The lowest BCUT2D eigenvalue weighted by molar-refractivity contribution is -0.132. The van der Waals surface area contributed by atoms with Crippen LogP contribution in [0.5, 0.6) is 0 Å². The van der Waals surface area contributed by atoms with Gasteiger partial charge in [0.15, 0.2) is 6.29 Å². The number of para-hydroxylation sites is 1. The van der Waals surface area contributed by atoms with Crippen LogP contribution in [0.1, 0.15) is 34.6 Å². The summed E-state index contributed by atoms with van der Waals surface area (Å²) in [5.74, 6) is -0.652. The summed E-state index contributed by atoms with van der Waals surface area (Å²) in [5, 5.41) is 4.49. The smallest absolute Gasteiger partial charge is 0.295 e. The molecule has 0 aliphatic carbocycles. The van der Waals surface area contributed by atoms with Gasteiger partial charge in [-0.05, 0) is 38.8 Å². The molecule has 148 valence electrons. The highest BCUT2D eigenvalue weighted by atomic mass is 16.7. The lowest BCUT2D eigenvalue weighted by Gasteiger charge is -2.33. The predicted octanol–water partition coefficient (Wildman–Crippen LogP) is 2.28. The van der Waals surface area contributed by atoms with Crippen LogP contribution in [0.25, 0.3) is 5.69 Å². The molecule has 2 aliphatic rings. The molecule has 0 radical (unpaired) electrons. The van der Waals surface area contributed by atoms with E-state index in [-0.39, 0.29) is 12.2 Å². The van der Waals surface area contributed by atoms with Crippen LogP contribution < -0.4 is 0 Å². The zero-order valence-corrected chi connectivity index (χ0v) is 16.3. The molecular formula is C21H25N3O4. The molecule has 0 spiro atoms. The molecule has 0 unspecified atom stereocenters. The first-order chi connectivity index (χ1) is 13.6. The fourth-order valence-corrected chi connectivity index (χ4v) is 4.07. The number of aryl methyl sites for hydroxylation is 1. The number of likely N-dealkylation sites (tertiary alicyclic amines) is 1. The van der Waals surface area contributed by atoms with Gasteiger partial charge in [-0.1, -0.05) is 18.2 Å². The second-order valence-electron chi connectivity index (χ2n) is 7.36. The number of amides is 1. The molecule has 1 aromatic heterocycles. The van der Waals surface area contributed by atoms with Crippen molar-refractivity contribution in [1.82, 2.24) is 14.7 Å². The molecule has 2 saturated heterocycles. The van der Waals surface area contributed by atoms with Crippen molar-refractivity contribution >= 4 is 11.7 Å². The molecule has 0 bridgehead atoms. The van der Waals surface area contributed by atoms with E-state index in [1.54, 1.807) is 16.5 Å². The molecule has 3 heterocycles. The lowest BCUT2D eigenvalue weighted by Crippen LogP contribution is -2.44. The summed E-state index contributed by atoms with van der Waals surface area (Å²) in [7, 11) is 0. The summed E-state index contributed by atoms with van der Waals surface area (Å²) in [5.41, 5.74) is 2.53. The molecule has 1 aromatic carbocycles. The minimum absolute atomic E-state index is 0.165. The molecule has 28 heavy (non-hydrogen) atoms. The normalized spacial score (nSPS) is 18.6. The van der Waals surface area contributed by atoms with Gasteiger partial charge in [0.05, 0.1) is 35.9 Å². The predicted molar refractivity (Wildman–Crippen MR) is 102 cm³/mol. The quantitative estimate of drug-likeness (QED) is 0.598. The number of aromatic nitrogens is 2. The number of piperidine rings is 1. The van der Waals surface area contributed by atoms with Gasteiger partial charge in [0.2, 0.25) is 0 Å². The Kier molecular flexibility index (Phi) is 5.28. The third-order valence-corrected chi connectivity index (χ3v) is 5.57. The summed E-state index contributed by atoms with van der Waals surface area (Å²) >= 11 is 0. The number of benzene rings is 1. The van der Waals surface area contributed by atoms with E-state index >= 15 is 0 Å². The van der Waals surface area contributed by atoms with Crippen molar-refractivity contribution in [3.8, 4) is 5.69 Å². The highest BCUT2D eigenvalue weighted by Gasteiger charge is 2.35. The van der Waals surface area contributed by atoms with Crippen LogP contribution in [0, 0.1) is 19.8 Å². The van der Waals surface area contributed by atoms with Crippen LogP contribution in [0.4, 0.5) is 0 Å². The van der Waals surface area contributed by atoms with Crippen LogP contribution >= 0.6 is 0 Å². The fourth-order valence-electron chi connectivity index (χ4n) is 4.07. The number of hydrogen-bond acceptors (Lipinski definition) is 5. The van der Waals surface area contributed by atoms with E-state index in [4.69, 9.17) is 9.47 Å². The monoisotopic (exact) mass is 383 g/mol. The number of carbonyl (C=O) groups is 2. The van der Waals surface area contributed by atoms with Crippen molar-refractivity contribution in [2.45, 2.75) is 33.0 Å². The van der Waals surface area contributed by atoms with Crippen molar-refractivity contribution in [2.24, 2.45) is 5.92 Å². The van der Waals surface area contributed by atoms with E-state index in [1.807, 2.05) is 37.3 Å². The van der Waals surface area contributed by atoms with Crippen LogP contribution in [0.3, 0.4) is 0 Å². The molecule has 7 nitrogen and oxygen atoms in total. The Morgan fingerprint density at radius 3 is 2.32 bits per heavy atom. The van der Waals surface area contributed by atoms with Crippen molar-refractivity contribution in [3.05, 3.63) is 47.3 Å². The molecular weight excluding hydrogens is 358 g/mol. The Bertz CT molecular complexity index is 863. The lowest BCUT2D eigenvalue weighted by atomic mass is 9.95. The van der Waals surface area contributed by atoms with Gasteiger partial charge in [0.25, 0.3) is 11.7 Å². The van der Waals surface area contributed by atoms with E-state index in [1.165, 1.54) is 0 Å². The number of rotatable bonds is 4. The average molecular weight is 383 g/mol. The Morgan fingerprint density at radius 2 is 1.68 bits per heavy atom. The van der Waals surface area contributed by atoms with Gasteiger partial charge in [-0.2, -0.15) is 5.10 Å². The van der Waals surface area contributed by atoms with Gasteiger partial charge in [0.1, 0.15) is 0 Å². The number of Topliss-reactive ketones (excluding diaryl/α,β-unsaturated/α-hetero) is 1. The number of nitrogens with zero attached hydrogens (tertiary/aromatic N) is 3. The van der Waals surface area contributed by atoms with E-state index in [0.29, 0.717) is 43.3 Å². The summed E-state index contributed by atoms with van der Waals surface area (Å²) in [6.45, 7) is 5.95. The maximum absolute atomic E-state index is 13.0. The molecule has 0 atom stereocenters. The SMILES string of the molecule is Cc1nn(-c2ccccc2)c(C)c1C(=O)C(=O)N1CCC(C2OCCO2)CC1. The Hall–Kier alpha value is -2.51. The third kappa shape index (κ3) is 3.47. The average Bonchev–Trinajstić information content (AvgIpc) is 3.36. The van der Waals surface area contributed by atoms with Crippen LogP contribution in [0.2, 0.25) is 0 Å². The van der Waals surface area contributed by atoms with E-state index in [0.717, 1.165) is 18.5 Å². The first kappa shape index (κ1) is 18.8. The molecule has 0 saturated carbocycles. The standard InChI is InChI=1S/C21H25N3O4/c1-14-18(15(2)24(22-14)17-6-4-3-5-7-17)19(25)20(26)23-10-8-16(9-11-23)21-27-12-13-28-21/h3-7,16,21H,8-13H2,1-2H3. The second kappa shape index (κ2) is 7.85. The largest absolute Gasteiger partial charge is 0.350 e. The highest BCUT2D eigenvalue weighted by molar-refractivity contribution is 6.43. The Labute approximate surface area is 164 Å². The van der Waals surface area contributed by atoms with E-state index < -0.39 is 11.7 Å². The molecule has 7 heteroatoms. The fraction of sp³-hybridized carbons (Fsp3) is 0.476. The summed E-state index contributed by atoms with van der Waals surface area (Å²) in [4.78, 5) is 27.5. The van der Waals surface area contributed by atoms with E-state index in [2.05, 4.69) is 5.10 Å². The maximum Gasteiger partial charge on any atom is 0.295 e. The van der Waals surface area contributed by atoms with Gasteiger partial charge in [-0.25, -0.2) is 4.68 Å². The minimum atomic E-state index is -0.482. The molecule has 2 aromatic rings. The summed E-state index contributed by atoms with van der Waals surface area (Å²) in [6.07, 6.45) is 1.40. The number of ketones is 1. The number of ether oxygens (including phenoxy) is 2. The van der Waals surface area contributed by atoms with Crippen LogP contribution in [0.15, 0.2) is 30.3 Å².